The summed E-state index contributed by atoms with van der Waals surface area (Å²) in [6, 6.07) is -0.976. The van der Waals surface area contributed by atoms with Crippen LogP contribution in [0.3, 0.4) is 0 Å². The van der Waals surface area contributed by atoms with Gasteiger partial charge in [0.15, 0.2) is 6.29 Å². The third kappa shape index (κ3) is 38.5. The van der Waals surface area contributed by atoms with Crippen molar-refractivity contribution in [2.24, 2.45) is 0 Å². The molecule has 0 aromatic carbocycles. The van der Waals surface area contributed by atoms with Gasteiger partial charge in [0, 0.05) is 0 Å². The first-order valence-electron chi connectivity index (χ1n) is 30.5. The molecule has 0 radical (unpaired) electrons. The lowest BCUT2D eigenvalue weighted by atomic mass is 9.99. The highest BCUT2D eigenvalue weighted by molar-refractivity contribution is 5.80. The predicted molar refractivity (Wildman–Crippen MR) is 292 cm³/mol. The molecule has 1 heterocycles. The number of carbonyl (C=O) groups is 1. The van der Waals surface area contributed by atoms with Gasteiger partial charge in [-0.25, -0.2) is 0 Å². The summed E-state index contributed by atoms with van der Waals surface area (Å²) in [6.45, 7) is 3.66. The number of aliphatic hydroxyl groups excluding tert-OH is 6. The zero-order chi connectivity index (χ0) is 51.0. The van der Waals surface area contributed by atoms with Gasteiger partial charge < -0.3 is 45.4 Å². The summed E-state index contributed by atoms with van der Waals surface area (Å²) in [5, 5.41) is 65.1. The first-order chi connectivity index (χ1) is 34.3. The highest BCUT2D eigenvalue weighted by Crippen LogP contribution is 2.23. The van der Waals surface area contributed by atoms with Gasteiger partial charge in [0.25, 0.3) is 0 Å². The normalized spacial score (nSPS) is 19.8. The van der Waals surface area contributed by atoms with Crippen LogP contribution in [-0.4, -0.2) is 98.7 Å². The fourth-order valence-corrected chi connectivity index (χ4v) is 10.0. The molecule has 0 aromatic rings. The third-order valence-electron chi connectivity index (χ3n) is 15.0. The molecule has 1 aliphatic heterocycles. The number of ether oxygens (including phenoxy) is 2. The first-order valence-corrected chi connectivity index (χ1v) is 30.5. The van der Waals surface area contributed by atoms with Crippen molar-refractivity contribution >= 4 is 5.91 Å². The van der Waals surface area contributed by atoms with Gasteiger partial charge >= 0.3 is 0 Å². The second-order valence-corrected chi connectivity index (χ2v) is 21.7. The fraction of sp³-hybridized carbons (Fsp3) is 0.950. The minimum absolute atomic E-state index is 0.300. The van der Waals surface area contributed by atoms with E-state index in [4.69, 9.17) is 9.47 Å². The van der Waals surface area contributed by atoms with E-state index in [1.807, 2.05) is 6.08 Å². The summed E-state index contributed by atoms with van der Waals surface area (Å²) in [6.07, 6.45) is 51.8. The molecular weight excluding hydrogens is 879 g/mol. The largest absolute Gasteiger partial charge is 0.394 e. The minimum atomic E-state index is -1.61. The average molecular weight is 997 g/mol. The van der Waals surface area contributed by atoms with Crippen molar-refractivity contribution in [3.05, 3.63) is 12.2 Å². The molecule has 10 heteroatoms. The predicted octanol–water partition coefficient (Wildman–Crippen LogP) is 14.2. The summed E-state index contributed by atoms with van der Waals surface area (Å²) in [5.74, 6) is -0.609. The Morgan fingerprint density at radius 1 is 0.486 bits per heavy atom. The number of amides is 1. The maximum absolute atomic E-state index is 13.1. The van der Waals surface area contributed by atoms with Gasteiger partial charge in [0.1, 0.15) is 30.5 Å². The van der Waals surface area contributed by atoms with Crippen molar-refractivity contribution in [1.82, 2.24) is 5.32 Å². The zero-order valence-electron chi connectivity index (χ0n) is 45.9. The lowest BCUT2D eigenvalue weighted by Gasteiger charge is -2.40. The molecule has 0 saturated carbocycles. The van der Waals surface area contributed by atoms with E-state index < -0.39 is 61.5 Å². The molecular formula is C60H117NO9. The number of aliphatic hydroxyl groups is 6. The number of hydrogen-bond donors (Lipinski definition) is 7. The molecule has 0 aliphatic carbocycles. The van der Waals surface area contributed by atoms with Crippen molar-refractivity contribution < 1.29 is 44.9 Å². The van der Waals surface area contributed by atoms with Gasteiger partial charge in [0.2, 0.25) is 5.91 Å². The highest BCUT2D eigenvalue weighted by atomic mass is 16.7. The molecule has 8 unspecified atom stereocenters. The molecule has 1 saturated heterocycles. The molecule has 0 aromatic heterocycles. The number of rotatable bonds is 53. The second-order valence-electron chi connectivity index (χ2n) is 21.7. The lowest BCUT2D eigenvalue weighted by molar-refractivity contribution is -0.302. The summed E-state index contributed by atoms with van der Waals surface area (Å²) >= 11 is 0. The second kappa shape index (κ2) is 50.1. The van der Waals surface area contributed by atoms with E-state index in [9.17, 15) is 35.4 Å². The molecule has 8 atom stereocenters. The standard InChI is InChI=1S/C60H117NO9/c1-3-5-7-9-11-13-15-17-19-21-22-23-24-25-26-27-28-29-30-31-32-33-35-37-39-41-43-45-47-49-54(64)59(68)61-52(51-69-60-58(67)57(66)56(65)55(50-62)70-60)53(63)48-46-44-42-40-38-36-34-20-18-16-14-12-10-8-6-4-2/h46,48,52-58,60,62-67H,3-45,47,49-51H2,1-2H3,(H,61,68)/b48-46+. The number of hydrogen-bond acceptors (Lipinski definition) is 9. The first kappa shape index (κ1) is 66.9. The Balaban J connectivity index is 2.18. The van der Waals surface area contributed by atoms with Gasteiger partial charge in [-0.15, -0.1) is 0 Å². The average Bonchev–Trinajstić information content (AvgIpc) is 3.36. The fourth-order valence-electron chi connectivity index (χ4n) is 10.0. The van der Waals surface area contributed by atoms with Crippen LogP contribution in [-0.2, 0) is 14.3 Å². The van der Waals surface area contributed by atoms with Crippen molar-refractivity contribution in [1.29, 1.82) is 0 Å². The summed E-state index contributed by atoms with van der Waals surface area (Å²) in [5.41, 5.74) is 0. The molecule has 10 nitrogen and oxygen atoms in total. The van der Waals surface area contributed by atoms with Gasteiger partial charge in [0.05, 0.1) is 25.4 Å². The van der Waals surface area contributed by atoms with E-state index in [1.165, 1.54) is 238 Å². The topological polar surface area (TPSA) is 169 Å². The Morgan fingerprint density at radius 3 is 1.16 bits per heavy atom. The van der Waals surface area contributed by atoms with Crippen LogP contribution >= 0.6 is 0 Å². The van der Waals surface area contributed by atoms with Crippen LogP contribution in [0.4, 0.5) is 0 Å². The maximum Gasteiger partial charge on any atom is 0.249 e. The molecule has 1 aliphatic rings. The van der Waals surface area contributed by atoms with E-state index >= 15 is 0 Å². The lowest BCUT2D eigenvalue weighted by Crippen LogP contribution is -2.60. The number of carbonyl (C=O) groups excluding carboxylic acids is 1. The Labute approximate surface area is 431 Å². The SMILES string of the molecule is CCCCCCCCCCCCCCCC/C=C/C(O)C(COC1OC(CO)C(O)C(O)C1O)NC(=O)C(O)CCCCCCCCCCCCCCCCCCCCCCCCCCCCCCC. The smallest absolute Gasteiger partial charge is 0.249 e. The molecule has 7 N–H and O–H groups in total. The van der Waals surface area contributed by atoms with Gasteiger partial charge in [-0.3, -0.25) is 4.79 Å². The summed E-state index contributed by atoms with van der Waals surface area (Å²) < 4.78 is 11.2. The van der Waals surface area contributed by atoms with Crippen LogP contribution in [0.15, 0.2) is 12.2 Å². The van der Waals surface area contributed by atoms with E-state index in [0.717, 1.165) is 44.9 Å². The molecule has 1 fully saturated rings. The van der Waals surface area contributed by atoms with Crippen LogP contribution in [0.1, 0.15) is 303 Å². The van der Waals surface area contributed by atoms with Gasteiger partial charge in [-0.05, 0) is 19.3 Å². The van der Waals surface area contributed by atoms with Gasteiger partial charge in [-0.1, -0.05) is 296 Å². The summed E-state index contributed by atoms with van der Waals surface area (Å²) in [4.78, 5) is 13.1. The van der Waals surface area contributed by atoms with Crippen molar-refractivity contribution in [2.75, 3.05) is 13.2 Å². The Hall–Kier alpha value is -1.11. The Bertz CT molecular complexity index is 1130. The van der Waals surface area contributed by atoms with Crippen LogP contribution < -0.4 is 5.32 Å². The highest BCUT2D eigenvalue weighted by Gasteiger charge is 2.44. The third-order valence-corrected chi connectivity index (χ3v) is 15.0. The Morgan fingerprint density at radius 2 is 0.814 bits per heavy atom. The molecule has 0 bridgehead atoms. The monoisotopic (exact) mass is 996 g/mol. The van der Waals surface area contributed by atoms with Crippen LogP contribution in [0.2, 0.25) is 0 Å². The van der Waals surface area contributed by atoms with Crippen LogP contribution in [0.5, 0.6) is 0 Å². The maximum atomic E-state index is 13.1. The van der Waals surface area contributed by atoms with E-state index in [1.54, 1.807) is 6.08 Å². The van der Waals surface area contributed by atoms with Crippen molar-refractivity contribution in [3.63, 3.8) is 0 Å². The molecule has 1 amide bonds. The van der Waals surface area contributed by atoms with E-state index in [-0.39, 0.29) is 6.61 Å². The number of unbranched alkanes of at least 4 members (excludes halogenated alkanes) is 42. The van der Waals surface area contributed by atoms with E-state index in [2.05, 4.69) is 19.2 Å². The molecule has 416 valence electrons. The quantitative estimate of drug-likeness (QED) is 0.0232. The Kier molecular flexibility index (Phi) is 47.9. The minimum Gasteiger partial charge on any atom is -0.394 e. The number of nitrogens with one attached hydrogen (secondary N) is 1. The molecule has 1 rings (SSSR count). The molecule has 70 heavy (non-hydrogen) atoms. The van der Waals surface area contributed by atoms with Crippen LogP contribution in [0, 0.1) is 0 Å². The van der Waals surface area contributed by atoms with Crippen molar-refractivity contribution in [3.8, 4) is 0 Å². The summed E-state index contributed by atoms with van der Waals surface area (Å²) in [7, 11) is 0. The number of allylic oxidation sites excluding steroid dienone is 1. The van der Waals surface area contributed by atoms with E-state index in [0.29, 0.717) is 6.42 Å². The zero-order valence-corrected chi connectivity index (χ0v) is 45.9. The van der Waals surface area contributed by atoms with Gasteiger partial charge in [-0.2, -0.15) is 0 Å². The van der Waals surface area contributed by atoms with Crippen molar-refractivity contribution in [2.45, 2.75) is 352 Å². The molecule has 0 spiro atoms. The van der Waals surface area contributed by atoms with Crippen LogP contribution in [0.25, 0.3) is 0 Å².